The van der Waals surface area contributed by atoms with Crippen molar-refractivity contribution < 1.29 is 0 Å². The SMILES string of the molecule is Clc1cnc(-c2n[nH]c(Cl)n2)c(Cl)c1. The zero-order valence-corrected chi connectivity index (χ0v) is 8.90. The maximum absolute atomic E-state index is 5.89. The Kier molecular flexibility index (Phi) is 2.58. The van der Waals surface area contributed by atoms with Crippen LogP contribution in [0.2, 0.25) is 15.3 Å². The van der Waals surface area contributed by atoms with Crippen LogP contribution in [0.1, 0.15) is 0 Å². The number of pyridine rings is 1. The molecule has 0 aliphatic heterocycles. The average molecular weight is 249 g/mol. The standard InChI is InChI=1S/C7H3Cl3N4/c8-3-1-4(9)5(11-2-3)6-12-7(10)14-13-6/h1-2H,(H,12,13,14). The molecule has 2 aromatic heterocycles. The van der Waals surface area contributed by atoms with E-state index in [-0.39, 0.29) is 5.28 Å². The second kappa shape index (κ2) is 3.73. The Morgan fingerprint density at radius 3 is 2.57 bits per heavy atom. The lowest BCUT2D eigenvalue weighted by molar-refractivity contribution is 1.09. The van der Waals surface area contributed by atoms with E-state index in [4.69, 9.17) is 34.8 Å². The van der Waals surface area contributed by atoms with Crippen LogP contribution in [-0.4, -0.2) is 20.2 Å². The summed E-state index contributed by atoms with van der Waals surface area (Å²) in [6.45, 7) is 0. The first-order chi connectivity index (χ1) is 6.66. The van der Waals surface area contributed by atoms with Crippen molar-refractivity contribution in [2.24, 2.45) is 0 Å². The molecule has 0 atom stereocenters. The number of nitrogens with one attached hydrogen (secondary N) is 1. The molecule has 7 heteroatoms. The second-order valence-electron chi connectivity index (χ2n) is 2.43. The molecule has 0 radical (unpaired) electrons. The van der Waals surface area contributed by atoms with E-state index in [2.05, 4.69) is 20.2 Å². The van der Waals surface area contributed by atoms with Gasteiger partial charge in [-0.05, 0) is 17.7 Å². The van der Waals surface area contributed by atoms with Gasteiger partial charge in [-0.25, -0.2) is 10.1 Å². The summed E-state index contributed by atoms with van der Waals surface area (Å²) < 4.78 is 0. The molecular formula is C7H3Cl3N4. The fourth-order valence-electron chi connectivity index (χ4n) is 0.927. The highest BCUT2D eigenvalue weighted by Crippen LogP contribution is 2.25. The van der Waals surface area contributed by atoms with Crippen molar-refractivity contribution in [1.29, 1.82) is 0 Å². The summed E-state index contributed by atoms with van der Waals surface area (Å²) in [5, 5.41) is 7.33. The maximum Gasteiger partial charge on any atom is 0.218 e. The monoisotopic (exact) mass is 248 g/mol. The molecule has 14 heavy (non-hydrogen) atoms. The molecule has 4 nitrogen and oxygen atoms in total. The lowest BCUT2D eigenvalue weighted by Gasteiger charge is -1.97. The summed E-state index contributed by atoms with van der Waals surface area (Å²) in [5.74, 6) is 0.344. The quantitative estimate of drug-likeness (QED) is 0.845. The van der Waals surface area contributed by atoms with Gasteiger partial charge in [0, 0.05) is 6.20 Å². The molecule has 0 fully saturated rings. The summed E-state index contributed by atoms with van der Waals surface area (Å²) >= 11 is 17.1. The van der Waals surface area contributed by atoms with E-state index in [1.165, 1.54) is 6.20 Å². The Hall–Kier alpha value is -0.840. The predicted octanol–water partition coefficient (Wildman–Crippen LogP) is 2.83. The Bertz CT molecular complexity index is 468. The first kappa shape index (κ1) is 9.71. The van der Waals surface area contributed by atoms with Crippen LogP contribution in [0.25, 0.3) is 11.5 Å². The van der Waals surface area contributed by atoms with Gasteiger partial charge in [-0.1, -0.05) is 23.2 Å². The number of nitrogens with zero attached hydrogens (tertiary/aromatic N) is 3. The van der Waals surface area contributed by atoms with E-state index in [1.54, 1.807) is 6.07 Å². The minimum Gasteiger partial charge on any atom is -0.250 e. The van der Waals surface area contributed by atoms with Crippen LogP contribution >= 0.6 is 34.8 Å². The number of aromatic amines is 1. The van der Waals surface area contributed by atoms with Crippen LogP contribution in [-0.2, 0) is 0 Å². The van der Waals surface area contributed by atoms with Crippen molar-refractivity contribution in [3.63, 3.8) is 0 Å². The molecule has 2 heterocycles. The van der Waals surface area contributed by atoms with Gasteiger partial charge in [-0.2, -0.15) is 10.1 Å². The minimum absolute atomic E-state index is 0.188. The number of rotatable bonds is 1. The lowest BCUT2D eigenvalue weighted by atomic mass is 10.3. The summed E-state index contributed by atoms with van der Waals surface area (Å²) in [6, 6.07) is 1.57. The molecule has 0 saturated carbocycles. The minimum atomic E-state index is 0.188. The molecule has 0 spiro atoms. The van der Waals surface area contributed by atoms with Gasteiger partial charge in [-0.3, -0.25) is 0 Å². The zero-order valence-electron chi connectivity index (χ0n) is 6.63. The fourth-order valence-corrected chi connectivity index (χ4v) is 1.51. The predicted molar refractivity (Wildman–Crippen MR) is 54.6 cm³/mol. The van der Waals surface area contributed by atoms with E-state index in [1.807, 2.05) is 0 Å². The topological polar surface area (TPSA) is 54.5 Å². The van der Waals surface area contributed by atoms with Gasteiger partial charge in [0.15, 0.2) is 0 Å². The number of hydrogen-bond acceptors (Lipinski definition) is 3. The van der Waals surface area contributed by atoms with Crippen LogP contribution in [0.15, 0.2) is 12.3 Å². The van der Waals surface area contributed by atoms with Crippen molar-refractivity contribution >= 4 is 34.8 Å². The molecule has 0 saturated heterocycles. The first-order valence-electron chi connectivity index (χ1n) is 3.56. The van der Waals surface area contributed by atoms with E-state index in [9.17, 15) is 0 Å². The number of H-pyrrole nitrogens is 1. The molecule has 0 aliphatic rings. The summed E-state index contributed by atoms with van der Waals surface area (Å²) in [6.07, 6.45) is 1.47. The molecule has 72 valence electrons. The summed E-state index contributed by atoms with van der Waals surface area (Å²) in [7, 11) is 0. The molecule has 1 N–H and O–H groups in total. The van der Waals surface area contributed by atoms with Crippen molar-refractivity contribution in [3.05, 3.63) is 27.6 Å². The van der Waals surface area contributed by atoms with Gasteiger partial charge < -0.3 is 0 Å². The van der Waals surface area contributed by atoms with E-state index >= 15 is 0 Å². The Balaban J connectivity index is 2.52. The normalized spacial score (nSPS) is 10.5. The van der Waals surface area contributed by atoms with Gasteiger partial charge in [0.2, 0.25) is 11.1 Å². The third-order valence-electron chi connectivity index (χ3n) is 1.48. The van der Waals surface area contributed by atoms with Crippen LogP contribution in [0, 0.1) is 0 Å². The highest BCUT2D eigenvalue weighted by molar-refractivity contribution is 6.36. The van der Waals surface area contributed by atoms with Crippen LogP contribution in [0.4, 0.5) is 0 Å². The van der Waals surface area contributed by atoms with Crippen LogP contribution in [0.3, 0.4) is 0 Å². The van der Waals surface area contributed by atoms with E-state index in [0.717, 1.165) is 0 Å². The third kappa shape index (κ3) is 1.82. The van der Waals surface area contributed by atoms with Crippen LogP contribution < -0.4 is 0 Å². The molecule has 2 aromatic rings. The first-order valence-corrected chi connectivity index (χ1v) is 4.69. The van der Waals surface area contributed by atoms with Crippen LogP contribution in [0.5, 0.6) is 0 Å². The van der Waals surface area contributed by atoms with Gasteiger partial charge in [0.25, 0.3) is 0 Å². The van der Waals surface area contributed by atoms with Gasteiger partial charge in [0.05, 0.1) is 10.0 Å². The second-order valence-corrected chi connectivity index (χ2v) is 3.64. The lowest BCUT2D eigenvalue weighted by Crippen LogP contribution is -1.87. The molecule has 0 bridgehead atoms. The number of halogens is 3. The molecule has 2 rings (SSSR count). The Morgan fingerprint density at radius 1 is 1.21 bits per heavy atom. The van der Waals surface area contributed by atoms with E-state index < -0.39 is 0 Å². The van der Waals surface area contributed by atoms with Gasteiger partial charge in [-0.15, -0.1) is 0 Å². The van der Waals surface area contributed by atoms with Crippen molar-refractivity contribution in [2.75, 3.05) is 0 Å². The molecule has 0 aromatic carbocycles. The largest absolute Gasteiger partial charge is 0.250 e. The molecule has 0 amide bonds. The van der Waals surface area contributed by atoms with E-state index in [0.29, 0.717) is 21.6 Å². The summed E-state index contributed by atoms with van der Waals surface area (Å²) in [4.78, 5) is 7.87. The van der Waals surface area contributed by atoms with Gasteiger partial charge >= 0.3 is 0 Å². The van der Waals surface area contributed by atoms with Crippen molar-refractivity contribution in [1.82, 2.24) is 20.2 Å². The van der Waals surface area contributed by atoms with Gasteiger partial charge in [0.1, 0.15) is 5.69 Å². The fraction of sp³-hybridized carbons (Fsp3) is 0. The molecular weight excluding hydrogens is 246 g/mol. The smallest absolute Gasteiger partial charge is 0.218 e. The summed E-state index contributed by atoms with van der Waals surface area (Å²) in [5.41, 5.74) is 0.444. The van der Waals surface area contributed by atoms with Crippen molar-refractivity contribution in [2.45, 2.75) is 0 Å². The average Bonchev–Trinajstić information content (AvgIpc) is 2.51. The molecule has 0 unspecified atom stereocenters. The highest BCUT2D eigenvalue weighted by atomic mass is 35.5. The number of aromatic nitrogens is 4. The zero-order chi connectivity index (χ0) is 10.1. The Labute approximate surface area is 94.2 Å². The molecule has 0 aliphatic carbocycles. The Morgan fingerprint density at radius 2 is 2.00 bits per heavy atom. The number of hydrogen-bond donors (Lipinski definition) is 1. The highest BCUT2D eigenvalue weighted by Gasteiger charge is 2.10. The third-order valence-corrected chi connectivity index (χ3v) is 2.14. The maximum atomic E-state index is 5.89. The van der Waals surface area contributed by atoms with Crippen molar-refractivity contribution in [3.8, 4) is 11.5 Å².